The van der Waals surface area contributed by atoms with E-state index in [2.05, 4.69) is 0 Å². The lowest BCUT2D eigenvalue weighted by atomic mass is 10.2. The van der Waals surface area contributed by atoms with Crippen LogP contribution in [0.25, 0.3) is 0 Å². The Labute approximate surface area is 131 Å². The molecular formula is C15H22N2O4S. The summed E-state index contributed by atoms with van der Waals surface area (Å²) < 4.78 is 29.9. The molecule has 2 rings (SSSR count). The number of benzene rings is 1. The van der Waals surface area contributed by atoms with E-state index in [1.807, 2.05) is 30.3 Å². The van der Waals surface area contributed by atoms with Crippen LogP contribution in [0.2, 0.25) is 0 Å². The Balaban J connectivity index is 1.82. The van der Waals surface area contributed by atoms with Crippen molar-refractivity contribution in [1.82, 2.24) is 9.21 Å². The van der Waals surface area contributed by atoms with Gasteiger partial charge in [0.2, 0.25) is 10.0 Å². The first-order chi connectivity index (χ1) is 10.4. The van der Waals surface area contributed by atoms with Gasteiger partial charge in [-0.3, -0.25) is 4.79 Å². The second-order valence-electron chi connectivity index (χ2n) is 5.43. The van der Waals surface area contributed by atoms with E-state index in [0.717, 1.165) is 5.56 Å². The molecular weight excluding hydrogens is 304 g/mol. The summed E-state index contributed by atoms with van der Waals surface area (Å²) >= 11 is 0. The summed E-state index contributed by atoms with van der Waals surface area (Å²) in [6.07, 6.45) is 0.654. The normalized spacial score (nSPS) is 18.2. The number of hydrogen-bond acceptors (Lipinski definition) is 4. The van der Waals surface area contributed by atoms with Crippen LogP contribution >= 0.6 is 0 Å². The second kappa shape index (κ2) is 7.21. The van der Waals surface area contributed by atoms with Crippen molar-refractivity contribution in [2.24, 2.45) is 0 Å². The standard InChI is InChI=1S/C15H22N2O4S/c1-13(21-12-14-6-4-3-5-7-14)15(18)16-8-10-17(11-9-16)22(2,19)20/h3-7,13H,8-12H2,1-2H3. The topological polar surface area (TPSA) is 66.9 Å². The van der Waals surface area contributed by atoms with E-state index in [1.54, 1.807) is 11.8 Å². The van der Waals surface area contributed by atoms with Gasteiger partial charge in [-0.15, -0.1) is 0 Å². The molecule has 0 bridgehead atoms. The summed E-state index contributed by atoms with van der Waals surface area (Å²) in [6, 6.07) is 9.68. The largest absolute Gasteiger partial charge is 0.364 e. The van der Waals surface area contributed by atoms with Crippen LogP contribution < -0.4 is 0 Å². The number of hydrogen-bond donors (Lipinski definition) is 0. The van der Waals surface area contributed by atoms with Gasteiger partial charge in [0.05, 0.1) is 12.9 Å². The van der Waals surface area contributed by atoms with Crippen LogP contribution in [0.1, 0.15) is 12.5 Å². The van der Waals surface area contributed by atoms with Crippen LogP contribution in [-0.4, -0.2) is 62.1 Å². The summed E-state index contributed by atoms with van der Waals surface area (Å²) in [7, 11) is -3.18. The van der Waals surface area contributed by atoms with Gasteiger partial charge in [-0.25, -0.2) is 8.42 Å². The van der Waals surface area contributed by atoms with Crippen LogP contribution in [-0.2, 0) is 26.2 Å². The molecule has 1 unspecified atom stereocenters. The molecule has 6 nitrogen and oxygen atoms in total. The monoisotopic (exact) mass is 326 g/mol. The highest BCUT2D eigenvalue weighted by Gasteiger charge is 2.28. The molecule has 0 saturated carbocycles. The molecule has 22 heavy (non-hydrogen) atoms. The summed E-state index contributed by atoms with van der Waals surface area (Å²) in [5.74, 6) is -0.0934. The van der Waals surface area contributed by atoms with E-state index in [1.165, 1.54) is 10.6 Å². The average Bonchev–Trinajstić information content (AvgIpc) is 2.52. The number of amides is 1. The predicted molar refractivity (Wildman–Crippen MR) is 83.7 cm³/mol. The molecule has 1 aromatic rings. The molecule has 1 amide bonds. The average molecular weight is 326 g/mol. The molecule has 1 aromatic carbocycles. The molecule has 122 valence electrons. The number of rotatable bonds is 5. The Bertz CT molecular complexity index is 595. The first-order valence-electron chi connectivity index (χ1n) is 7.27. The number of nitrogens with zero attached hydrogens (tertiary/aromatic N) is 2. The molecule has 0 radical (unpaired) electrons. The van der Waals surface area contributed by atoms with Gasteiger partial charge >= 0.3 is 0 Å². The van der Waals surface area contributed by atoms with Crippen molar-refractivity contribution in [3.8, 4) is 0 Å². The lowest BCUT2D eigenvalue weighted by molar-refractivity contribution is -0.144. The molecule has 0 spiro atoms. The molecule has 1 saturated heterocycles. The highest BCUT2D eigenvalue weighted by Crippen LogP contribution is 2.10. The summed E-state index contributed by atoms with van der Waals surface area (Å²) in [5, 5.41) is 0. The molecule has 7 heteroatoms. The van der Waals surface area contributed by atoms with E-state index in [9.17, 15) is 13.2 Å². The zero-order valence-electron chi connectivity index (χ0n) is 12.9. The van der Waals surface area contributed by atoms with E-state index in [0.29, 0.717) is 32.8 Å². The number of sulfonamides is 1. The van der Waals surface area contributed by atoms with Crippen molar-refractivity contribution in [1.29, 1.82) is 0 Å². The third-order valence-electron chi connectivity index (χ3n) is 3.71. The molecule has 0 aromatic heterocycles. The lowest BCUT2D eigenvalue weighted by Gasteiger charge is -2.34. The summed E-state index contributed by atoms with van der Waals surface area (Å²) in [5.41, 5.74) is 1.02. The fourth-order valence-electron chi connectivity index (χ4n) is 2.36. The zero-order chi connectivity index (χ0) is 16.2. The van der Waals surface area contributed by atoms with E-state index < -0.39 is 16.1 Å². The fraction of sp³-hybridized carbons (Fsp3) is 0.533. The van der Waals surface area contributed by atoms with Crippen LogP contribution in [0.3, 0.4) is 0 Å². The first-order valence-corrected chi connectivity index (χ1v) is 9.12. The van der Waals surface area contributed by atoms with Crippen molar-refractivity contribution in [3.05, 3.63) is 35.9 Å². The van der Waals surface area contributed by atoms with Gasteiger partial charge in [0, 0.05) is 26.2 Å². The Kier molecular flexibility index (Phi) is 5.55. The molecule has 1 heterocycles. The predicted octanol–water partition coefficient (Wildman–Crippen LogP) is 0.696. The Hall–Kier alpha value is -1.44. The van der Waals surface area contributed by atoms with Crippen molar-refractivity contribution in [2.45, 2.75) is 19.6 Å². The highest BCUT2D eigenvalue weighted by atomic mass is 32.2. The van der Waals surface area contributed by atoms with E-state index in [4.69, 9.17) is 4.74 Å². The quantitative estimate of drug-likeness (QED) is 0.799. The second-order valence-corrected chi connectivity index (χ2v) is 7.41. The number of piperazine rings is 1. The SMILES string of the molecule is CC(OCc1ccccc1)C(=O)N1CCN(S(C)(=O)=O)CC1. The molecule has 1 aliphatic rings. The maximum Gasteiger partial charge on any atom is 0.251 e. The third-order valence-corrected chi connectivity index (χ3v) is 5.01. The number of carbonyl (C=O) groups excluding carboxylic acids is 1. The van der Waals surface area contributed by atoms with Crippen molar-refractivity contribution < 1.29 is 17.9 Å². The van der Waals surface area contributed by atoms with Crippen LogP contribution in [0, 0.1) is 0 Å². The van der Waals surface area contributed by atoms with Crippen molar-refractivity contribution >= 4 is 15.9 Å². The van der Waals surface area contributed by atoms with Gasteiger partial charge in [0.1, 0.15) is 6.10 Å². The first kappa shape index (κ1) is 16.9. The molecule has 1 atom stereocenters. The van der Waals surface area contributed by atoms with Crippen molar-refractivity contribution in [3.63, 3.8) is 0 Å². The minimum absolute atomic E-state index is 0.0934. The van der Waals surface area contributed by atoms with Gasteiger partial charge < -0.3 is 9.64 Å². The van der Waals surface area contributed by atoms with E-state index >= 15 is 0 Å². The summed E-state index contributed by atoms with van der Waals surface area (Å²) in [4.78, 5) is 14.0. The third kappa shape index (κ3) is 4.53. The van der Waals surface area contributed by atoms with Crippen molar-refractivity contribution in [2.75, 3.05) is 32.4 Å². The fourth-order valence-corrected chi connectivity index (χ4v) is 3.19. The number of carbonyl (C=O) groups is 1. The molecule has 0 aliphatic carbocycles. The molecule has 1 fully saturated rings. The van der Waals surface area contributed by atoms with Gasteiger partial charge in [-0.2, -0.15) is 4.31 Å². The maximum atomic E-state index is 12.3. The van der Waals surface area contributed by atoms with Gasteiger partial charge in [-0.1, -0.05) is 30.3 Å². The molecule has 0 N–H and O–H groups in total. The minimum atomic E-state index is -3.18. The highest BCUT2D eigenvalue weighted by molar-refractivity contribution is 7.88. The number of ether oxygens (including phenoxy) is 1. The van der Waals surface area contributed by atoms with Crippen LogP contribution in [0.4, 0.5) is 0 Å². The van der Waals surface area contributed by atoms with E-state index in [-0.39, 0.29) is 5.91 Å². The van der Waals surface area contributed by atoms with Crippen LogP contribution in [0.15, 0.2) is 30.3 Å². The minimum Gasteiger partial charge on any atom is -0.364 e. The maximum absolute atomic E-state index is 12.3. The van der Waals surface area contributed by atoms with Gasteiger partial charge in [0.25, 0.3) is 5.91 Å². The molecule has 1 aliphatic heterocycles. The van der Waals surface area contributed by atoms with Gasteiger partial charge in [0.15, 0.2) is 0 Å². The van der Waals surface area contributed by atoms with Crippen LogP contribution in [0.5, 0.6) is 0 Å². The van der Waals surface area contributed by atoms with Gasteiger partial charge in [-0.05, 0) is 12.5 Å². The Morgan fingerprint density at radius 1 is 1.18 bits per heavy atom. The Morgan fingerprint density at radius 3 is 2.32 bits per heavy atom. The Morgan fingerprint density at radius 2 is 1.77 bits per heavy atom. The lowest BCUT2D eigenvalue weighted by Crippen LogP contribution is -2.52. The smallest absolute Gasteiger partial charge is 0.251 e. The zero-order valence-corrected chi connectivity index (χ0v) is 13.8. The summed E-state index contributed by atoms with van der Waals surface area (Å²) in [6.45, 7) is 3.62.